The van der Waals surface area contributed by atoms with Crippen LogP contribution in [0.1, 0.15) is 22.8 Å². The van der Waals surface area contributed by atoms with Gasteiger partial charge in [0.05, 0.1) is 0 Å². The van der Waals surface area contributed by atoms with Crippen molar-refractivity contribution in [2.75, 3.05) is 5.32 Å². The minimum atomic E-state index is -4.89. The van der Waals surface area contributed by atoms with E-state index in [9.17, 15) is 22.8 Å². The van der Waals surface area contributed by atoms with E-state index < -0.39 is 18.1 Å². The summed E-state index contributed by atoms with van der Waals surface area (Å²) < 4.78 is 36.6. The lowest BCUT2D eigenvalue weighted by molar-refractivity contribution is -0.174. The number of halogens is 3. The van der Waals surface area contributed by atoms with Gasteiger partial charge in [-0.05, 0) is 43.2 Å². The Morgan fingerprint density at radius 2 is 1.60 bits per heavy atom. The van der Waals surface area contributed by atoms with Crippen molar-refractivity contribution in [1.29, 1.82) is 0 Å². The Morgan fingerprint density at radius 1 is 1.00 bits per heavy atom. The fourth-order valence-electron chi connectivity index (χ4n) is 2.23. The first kappa shape index (κ1) is 18.5. The third-order valence-electron chi connectivity index (χ3n) is 3.42. The van der Waals surface area contributed by atoms with Crippen molar-refractivity contribution in [3.05, 3.63) is 65.7 Å². The zero-order chi connectivity index (χ0) is 18.4. The molecule has 0 bridgehead atoms. The van der Waals surface area contributed by atoms with Crippen LogP contribution >= 0.6 is 0 Å². The summed E-state index contributed by atoms with van der Waals surface area (Å²) in [6.45, 7) is 1.49. The first-order chi connectivity index (χ1) is 11.8. The number of rotatable bonds is 5. The van der Waals surface area contributed by atoms with Crippen LogP contribution in [0.15, 0.2) is 54.6 Å². The minimum absolute atomic E-state index is 0.245. The lowest BCUT2D eigenvalue weighted by atomic mass is 10.1. The summed E-state index contributed by atoms with van der Waals surface area (Å²) >= 11 is 0. The molecule has 0 saturated heterocycles. The third-order valence-corrected chi connectivity index (χ3v) is 3.42. The highest BCUT2D eigenvalue weighted by molar-refractivity contribution is 6.04. The Balaban J connectivity index is 1.91. The van der Waals surface area contributed by atoms with Crippen molar-refractivity contribution in [3.8, 4) is 0 Å². The van der Waals surface area contributed by atoms with E-state index in [0.29, 0.717) is 11.3 Å². The summed E-state index contributed by atoms with van der Waals surface area (Å²) in [7, 11) is 0. The van der Waals surface area contributed by atoms with Gasteiger partial charge in [-0.3, -0.25) is 9.59 Å². The topological polar surface area (TPSA) is 58.2 Å². The molecule has 0 fully saturated rings. The van der Waals surface area contributed by atoms with Crippen molar-refractivity contribution in [1.82, 2.24) is 5.32 Å². The fraction of sp³-hybridized carbons (Fsp3) is 0.222. The van der Waals surface area contributed by atoms with Crippen LogP contribution in [-0.2, 0) is 11.2 Å². The highest BCUT2D eigenvalue weighted by atomic mass is 19.4. The second kappa shape index (κ2) is 7.83. The molecule has 0 aliphatic carbocycles. The maximum atomic E-state index is 12.2. The number of hydrogen-bond donors (Lipinski definition) is 2. The number of hydrogen-bond acceptors (Lipinski definition) is 2. The maximum Gasteiger partial charge on any atom is 0.471 e. The van der Waals surface area contributed by atoms with Crippen molar-refractivity contribution >= 4 is 17.5 Å². The van der Waals surface area contributed by atoms with Gasteiger partial charge in [0, 0.05) is 17.3 Å². The van der Waals surface area contributed by atoms with Gasteiger partial charge in [0.15, 0.2) is 0 Å². The Hall–Kier alpha value is -2.83. The van der Waals surface area contributed by atoms with Crippen LogP contribution in [0, 0.1) is 0 Å². The molecule has 0 heterocycles. The molecule has 1 atom stereocenters. The molecule has 0 saturated carbocycles. The number of benzene rings is 2. The number of carbonyl (C=O) groups is 2. The van der Waals surface area contributed by atoms with Crippen LogP contribution in [0.5, 0.6) is 0 Å². The van der Waals surface area contributed by atoms with Crippen LogP contribution in [0.25, 0.3) is 0 Å². The van der Waals surface area contributed by atoms with E-state index in [1.165, 1.54) is 6.92 Å². The number of amides is 2. The van der Waals surface area contributed by atoms with Crippen LogP contribution in [-0.4, -0.2) is 24.0 Å². The second-order valence-corrected chi connectivity index (χ2v) is 5.59. The molecular weight excluding hydrogens is 333 g/mol. The largest absolute Gasteiger partial charge is 0.471 e. The van der Waals surface area contributed by atoms with Gasteiger partial charge in [-0.1, -0.05) is 30.3 Å². The minimum Gasteiger partial charge on any atom is -0.345 e. The average molecular weight is 350 g/mol. The second-order valence-electron chi connectivity index (χ2n) is 5.59. The number of alkyl halides is 3. The maximum absolute atomic E-state index is 12.2. The van der Waals surface area contributed by atoms with Gasteiger partial charge in [-0.2, -0.15) is 13.2 Å². The molecule has 2 aromatic rings. The third kappa shape index (κ3) is 5.63. The van der Waals surface area contributed by atoms with Crippen molar-refractivity contribution in [2.45, 2.75) is 25.6 Å². The number of carbonyl (C=O) groups excluding carboxylic acids is 2. The van der Waals surface area contributed by atoms with Crippen LogP contribution in [0.3, 0.4) is 0 Å². The molecule has 25 heavy (non-hydrogen) atoms. The van der Waals surface area contributed by atoms with E-state index in [2.05, 4.69) is 5.32 Å². The molecule has 2 N–H and O–H groups in total. The zero-order valence-electron chi connectivity index (χ0n) is 13.4. The van der Waals surface area contributed by atoms with Crippen LogP contribution in [0.4, 0.5) is 18.9 Å². The van der Waals surface area contributed by atoms with Crippen LogP contribution < -0.4 is 10.6 Å². The van der Waals surface area contributed by atoms with Gasteiger partial charge >= 0.3 is 12.1 Å². The highest BCUT2D eigenvalue weighted by Crippen LogP contribution is 2.16. The van der Waals surface area contributed by atoms with Gasteiger partial charge in [-0.15, -0.1) is 0 Å². The molecule has 0 radical (unpaired) electrons. The molecule has 4 nitrogen and oxygen atoms in total. The first-order valence-electron chi connectivity index (χ1n) is 7.59. The molecular formula is C18H17F3N2O2. The standard InChI is InChI=1S/C18H17F3N2O2/c1-12(22-17(25)18(19,20)21)11-13-7-9-15(10-8-13)23-16(24)14-5-3-2-4-6-14/h2-10,12H,11H2,1H3,(H,22,25)(H,23,24)/t12-/m1/s1. The fourth-order valence-corrected chi connectivity index (χ4v) is 2.23. The van der Waals surface area contributed by atoms with Gasteiger partial charge in [0.2, 0.25) is 0 Å². The van der Waals surface area contributed by atoms with Crippen molar-refractivity contribution in [3.63, 3.8) is 0 Å². The zero-order valence-corrected chi connectivity index (χ0v) is 13.4. The molecule has 2 rings (SSSR count). The van der Waals surface area contributed by atoms with E-state index in [4.69, 9.17) is 0 Å². The summed E-state index contributed by atoms with van der Waals surface area (Å²) in [6, 6.07) is 14.7. The summed E-state index contributed by atoms with van der Waals surface area (Å²) in [5.41, 5.74) is 1.84. The summed E-state index contributed by atoms with van der Waals surface area (Å²) in [4.78, 5) is 22.9. The monoisotopic (exact) mass is 350 g/mol. The average Bonchev–Trinajstić information content (AvgIpc) is 2.56. The molecule has 2 amide bonds. The first-order valence-corrected chi connectivity index (χ1v) is 7.59. The van der Waals surface area contributed by atoms with Crippen molar-refractivity contribution in [2.24, 2.45) is 0 Å². The normalized spacial score (nSPS) is 12.3. The van der Waals surface area contributed by atoms with Gasteiger partial charge in [0.25, 0.3) is 5.91 Å². The highest BCUT2D eigenvalue weighted by Gasteiger charge is 2.39. The molecule has 0 aromatic heterocycles. The Labute approximate surface area is 143 Å². The molecule has 2 aromatic carbocycles. The SMILES string of the molecule is C[C@H](Cc1ccc(NC(=O)c2ccccc2)cc1)NC(=O)C(F)(F)F. The smallest absolute Gasteiger partial charge is 0.345 e. The summed E-state index contributed by atoms with van der Waals surface area (Å²) in [5, 5.41) is 4.64. The van der Waals surface area contributed by atoms with E-state index in [0.717, 1.165) is 5.56 Å². The van der Waals surface area contributed by atoms with E-state index in [-0.39, 0.29) is 12.3 Å². The number of anilines is 1. The van der Waals surface area contributed by atoms with Crippen molar-refractivity contribution < 1.29 is 22.8 Å². The van der Waals surface area contributed by atoms with E-state index in [1.54, 1.807) is 48.5 Å². The predicted molar refractivity (Wildman–Crippen MR) is 88.2 cm³/mol. The van der Waals surface area contributed by atoms with Crippen LogP contribution in [0.2, 0.25) is 0 Å². The van der Waals surface area contributed by atoms with Gasteiger partial charge < -0.3 is 10.6 Å². The predicted octanol–water partition coefficient (Wildman–Crippen LogP) is 3.55. The lowest BCUT2D eigenvalue weighted by Gasteiger charge is -2.15. The molecule has 0 aliphatic rings. The lowest BCUT2D eigenvalue weighted by Crippen LogP contribution is -2.42. The summed E-state index contributed by atoms with van der Waals surface area (Å²) in [5.74, 6) is -2.20. The van der Waals surface area contributed by atoms with Gasteiger partial charge in [0.1, 0.15) is 0 Å². The van der Waals surface area contributed by atoms with E-state index in [1.807, 2.05) is 11.4 Å². The number of nitrogens with one attached hydrogen (secondary N) is 2. The quantitative estimate of drug-likeness (QED) is 0.866. The molecule has 0 unspecified atom stereocenters. The Morgan fingerprint density at radius 3 is 2.16 bits per heavy atom. The Bertz CT molecular complexity index is 728. The van der Waals surface area contributed by atoms with Gasteiger partial charge in [-0.25, -0.2) is 0 Å². The summed E-state index contributed by atoms with van der Waals surface area (Å²) in [6.07, 6.45) is -4.64. The molecule has 7 heteroatoms. The van der Waals surface area contributed by atoms with E-state index >= 15 is 0 Å². The molecule has 132 valence electrons. The molecule has 0 aliphatic heterocycles. The molecule has 0 spiro atoms. The Kier molecular flexibility index (Phi) is 5.80.